The van der Waals surface area contributed by atoms with Crippen molar-refractivity contribution in [2.75, 3.05) is 32.8 Å². The van der Waals surface area contributed by atoms with E-state index in [1.54, 1.807) is 11.8 Å². The van der Waals surface area contributed by atoms with Crippen molar-refractivity contribution in [2.45, 2.75) is 182 Å². The van der Waals surface area contributed by atoms with Gasteiger partial charge in [-0.15, -0.1) is 23.5 Å². The number of methoxy groups -OCH3 is 2. The molecular formula is C41H75LiO16S3. The van der Waals surface area contributed by atoms with Crippen LogP contribution in [0.15, 0.2) is 0 Å². The predicted octanol–water partition coefficient (Wildman–Crippen LogP) is 3.96. The zero-order valence-corrected chi connectivity index (χ0v) is 39.6. The van der Waals surface area contributed by atoms with Gasteiger partial charge in [0.05, 0.1) is 14.2 Å². The van der Waals surface area contributed by atoms with Crippen LogP contribution < -0.4 is 18.9 Å². The molecule has 0 amide bonds. The molecule has 61 heavy (non-hydrogen) atoms. The van der Waals surface area contributed by atoms with Gasteiger partial charge >= 0.3 is 53.1 Å². The summed E-state index contributed by atoms with van der Waals surface area (Å²) >= 11 is 3.56. The van der Waals surface area contributed by atoms with Crippen molar-refractivity contribution < 1.29 is 96.0 Å². The summed E-state index contributed by atoms with van der Waals surface area (Å²) in [6.07, 6.45) is 28.3. The largest absolute Gasteiger partial charge is 1.00 e. The number of hydrogen-bond acceptors (Lipinski definition) is 14. The molecule has 8 N–H and O–H groups in total. The van der Waals surface area contributed by atoms with Crippen LogP contribution in [0.1, 0.15) is 161 Å². The molecule has 0 unspecified atom stereocenters. The summed E-state index contributed by atoms with van der Waals surface area (Å²) in [5, 5.41) is 41.6. The first-order chi connectivity index (χ1) is 27.8. The van der Waals surface area contributed by atoms with Crippen LogP contribution in [0.2, 0.25) is 0 Å². The molecule has 7 rings (SSSR count). The Kier molecular flexibility index (Phi) is 31.4. The average Bonchev–Trinajstić information content (AvgIpc) is 4.02. The second-order valence-electron chi connectivity index (χ2n) is 16.6. The fourth-order valence-electron chi connectivity index (χ4n) is 6.94. The molecule has 0 aromatic heterocycles. The summed E-state index contributed by atoms with van der Waals surface area (Å²) in [6.45, 7) is 2.32. The van der Waals surface area contributed by atoms with Crippen LogP contribution in [0.4, 0.5) is 0 Å². The van der Waals surface area contributed by atoms with Gasteiger partial charge in [-0.25, -0.2) is 9.59 Å². The molecule has 0 atom stereocenters. The minimum atomic E-state index is -4.67. The number of ether oxygens (including phenoxy) is 2. The number of esters is 2. The van der Waals surface area contributed by atoms with E-state index in [2.05, 4.69) is 11.7 Å². The molecule has 0 aromatic rings. The van der Waals surface area contributed by atoms with Gasteiger partial charge in [-0.3, -0.25) is 18.7 Å². The van der Waals surface area contributed by atoms with Crippen LogP contribution in [0.5, 0.6) is 0 Å². The third-order valence-electron chi connectivity index (χ3n) is 11.7. The van der Waals surface area contributed by atoms with Crippen molar-refractivity contribution in [3.63, 3.8) is 0 Å². The number of aliphatic carboxylic acids is 2. The zero-order chi connectivity index (χ0) is 44.8. The first kappa shape index (κ1) is 62.0. The summed E-state index contributed by atoms with van der Waals surface area (Å²) < 4.78 is 40.2. The molecule has 7 saturated carbocycles. The minimum absolute atomic E-state index is 0. The van der Waals surface area contributed by atoms with E-state index >= 15 is 0 Å². The van der Waals surface area contributed by atoms with E-state index in [0.29, 0.717) is 25.7 Å². The fourth-order valence-corrected chi connectivity index (χ4v) is 9.83. The van der Waals surface area contributed by atoms with Gasteiger partial charge < -0.3 is 40.5 Å². The van der Waals surface area contributed by atoms with E-state index in [-0.39, 0.29) is 39.8 Å². The van der Waals surface area contributed by atoms with Crippen LogP contribution in [0, 0.1) is 17.8 Å². The SMILES string of the molecule is CCC1CCCCC1.CO.COC(=O)C1(O)CC1.COC(=O)C1(SCC2CCCCC2)CC1.O=C(O)C1(O)CC1.O=C(O)C1(SCC2CCCCC2)CC1.O=S(=O)(O)O.[Li+].[OH-]. The maximum atomic E-state index is 11.5. The van der Waals surface area contributed by atoms with Crippen LogP contribution >= 0.6 is 23.5 Å². The summed E-state index contributed by atoms with van der Waals surface area (Å²) in [5.74, 6) is 2.80. The predicted molar refractivity (Wildman–Crippen MR) is 231 cm³/mol. The summed E-state index contributed by atoms with van der Waals surface area (Å²) in [6, 6.07) is 0. The zero-order valence-electron chi connectivity index (χ0n) is 37.2. The second kappa shape index (κ2) is 30.9. The van der Waals surface area contributed by atoms with Crippen LogP contribution in [-0.4, -0.2) is 126 Å². The molecule has 354 valence electrons. The van der Waals surface area contributed by atoms with Gasteiger partial charge in [0, 0.05) is 7.11 Å². The van der Waals surface area contributed by atoms with Gasteiger partial charge in [0.1, 0.15) is 9.49 Å². The molecular weight excluding hydrogens is 852 g/mol. The minimum Gasteiger partial charge on any atom is -0.870 e. The van der Waals surface area contributed by atoms with Crippen molar-refractivity contribution in [2.24, 2.45) is 17.8 Å². The summed E-state index contributed by atoms with van der Waals surface area (Å²) in [5.41, 5.74) is -2.44. The molecule has 16 nitrogen and oxygen atoms in total. The van der Waals surface area contributed by atoms with Crippen molar-refractivity contribution in [1.82, 2.24) is 0 Å². The smallest absolute Gasteiger partial charge is 0.870 e. The standard InChI is InChI=1S/C12H20O2S.C11H18O2S.C8H16.C5H8O3.C4H6O3.CH4O.Li.H2O4S.H2O/c1-14-11(13)12(7-8-12)15-9-10-5-3-2-4-6-10;12-10(13)11(6-7-11)14-8-9-4-2-1-3-5-9;1-2-8-6-4-3-5-7-8;1-8-4(6)5(7)2-3-5;5-3(6)4(7)1-2-4;1-2;;1-5(2,3)4;/h10H,2-9H2,1H3;9H,1-8H2,(H,12,13);8H,2-7H2,1H3;7H,2-3H2,1H3;7H,1-2H2,(H,5,6);2H,1H3;;(H2,1,2,3,4);1H2/q;;;;;;+1;;/p-1. The molecule has 0 bridgehead atoms. The molecule has 0 spiro atoms. The Balaban J connectivity index is 0. The normalized spacial score (nSPS) is 21.9. The summed E-state index contributed by atoms with van der Waals surface area (Å²) in [4.78, 5) is 42.7. The molecule has 7 aliphatic rings. The molecule has 0 heterocycles. The monoisotopic (exact) mass is 926 g/mol. The van der Waals surface area contributed by atoms with E-state index in [0.717, 1.165) is 62.1 Å². The number of carboxylic acids is 2. The second-order valence-corrected chi connectivity index (χ2v) is 20.3. The third-order valence-corrected chi connectivity index (χ3v) is 15.2. The van der Waals surface area contributed by atoms with E-state index in [1.165, 1.54) is 117 Å². The number of aliphatic hydroxyl groups is 3. The Hall–Kier alpha value is -1.11. The molecule has 7 fully saturated rings. The maximum absolute atomic E-state index is 11.5. The number of carboxylic acid groups (broad SMARTS) is 2. The molecule has 20 heteroatoms. The van der Waals surface area contributed by atoms with Gasteiger partial charge in [-0.05, 0) is 106 Å². The average molecular weight is 927 g/mol. The molecule has 7 aliphatic carbocycles. The van der Waals surface area contributed by atoms with Gasteiger partial charge in [0.15, 0.2) is 11.2 Å². The Bertz CT molecular complexity index is 1340. The molecule has 0 saturated heterocycles. The van der Waals surface area contributed by atoms with Crippen molar-refractivity contribution in [3.8, 4) is 0 Å². The first-order valence-corrected chi connectivity index (χ1v) is 24.6. The Labute approximate surface area is 384 Å². The number of aliphatic hydroxyl groups excluding tert-OH is 1. The number of thioether (sulfide) groups is 2. The summed E-state index contributed by atoms with van der Waals surface area (Å²) in [7, 11) is -0.887. The Morgan fingerprint density at radius 2 is 0.869 bits per heavy atom. The van der Waals surface area contributed by atoms with Crippen LogP contribution in [0.25, 0.3) is 0 Å². The Morgan fingerprint density at radius 1 is 0.557 bits per heavy atom. The maximum Gasteiger partial charge on any atom is 1.00 e. The van der Waals surface area contributed by atoms with Gasteiger partial charge in [-0.2, -0.15) is 8.42 Å². The van der Waals surface area contributed by atoms with Gasteiger partial charge in [0.25, 0.3) is 0 Å². The van der Waals surface area contributed by atoms with E-state index in [1.807, 2.05) is 11.8 Å². The van der Waals surface area contributed by atoms with E-state index in [9.17, 15) is 19.2 Å². The first-order valence-electron chi connectivity index (χ1n) is 21.3. The van der Waals surface area contributed by atoms with Crippen molar-refractivity contribution in [1.29, 1.82) is 0 Å². The number of hydrogen-bond donors (Lipinski definition) is 7. The van der Waals surface area contributed by atoms with Crippen LogP contribution in [-0.2, 0) is 39.1 Å². The molecule has 0 aromatic carbocycles. The van der Waals surface area contributed by atoms with Crippen molar-refractivity contribution >= 4 is 57.8 Å². The van der Waals surface area contributed by atoms with Crippen molar-refractivity contribution in [3.05, 3.63) is 0 Å². The topological polar surface area (TPSA) is 292 Å². The number of rotatable bonds is 11. The molecule has 0 radical (unpaired) electrons. The molecule has 0 aliphatic heterocycles. The third kappa shape index (κ3) is 26.4. The van der Waals surface area contributed by atoms with Crippen LogP contribution in [0.3, 0.4) is 0 Å². The quantitative estimate of drug-likeness (QED) is 0.0876. The Morgan fingerprint density at radius 3 is 1.07 bits per heavy atom. The number of carbonyl (C=O) groups is 4. The number of carbonyl (C=O) groups excluding carboxylic acids is 2. The van der Waals surface area contributed by atoms with Gasteiger partial charge in [-0.1, -0.05) is 84.0 Å². The van der Waals surface area contributed by atoms with E-state index in [4.69, 9.17) is 47.8 Å². The van der Waals surface area contributed by atoms with Gasteiger partial charge in [0.2, 0.25) is 0 Å². The fraction of sp³-hybridized carbons (Fsp3) is 0.902. The van der Waals surface area contributed by atoms with E-state index < -0.39 is 39.5 Å².